The summed E-state index contributed by atoms with van der Waals surface area (Å²) in [5.41, 5.74) is 0. The van der Waals surface area contributed by atoms with Gasteiger partial charge in [-0.2, -0.15) is 8.78 Å². The lowest BCUT2D eigenvalue weighted by Crippen LogP contribution is -2.38. The molecular formula is C10H6F4O4. The van der Waals surface area contributed by atoms with Crippen LogP contribution >= 0.6 is 0 Å². The molecule has 1 aliphatic heterocycles. The third-order valence-electron chi connectivity index (χ3n) is 2.29. The van der Waals surface area contributed by atoms with Gasteiger partial charge >= 0.3 is 5.97 Å². The number of halogens is 4. The number of esters is 1. The first-order valence-electron chi connectivity index (χ1n) is 4.70. The van der Waals surface area contributed by atoms with Crippen LogP contribution < -0.4 is 9.47 Å². The lowest BCUT2D eigenvalue weighted by molar-refractivity contribution is -0.151. The first kappa shape index (κ1) is 12.5. The number of fused-ring (bicyclic) bond motifs is 1. The Kier molecular flexibility index (Phi) is 3.02. The van der Waals surface area contributed by atoms with Crippen LogP contribution in [-0.2, 0) is 9.53 Å². The molecule has 0 aromatic heterocycles. The Labute approximate surface area is 98.0 Å². The molecule has 0 radical (unpaired) electrons. The van der Waals surface area contributed by atoms with E-state index in [1.807, 2.05) is 0 Å². The SMILES string of the molecule is COC(=O)C1COc2c(F)c(F)c(F)c(F)c2O1. The normalized spacial score (nSPS) is 17.5. The highest BCUT2D eigenvalue weighted by Gasteiger charge is 2.36. The zero-order valence-corrected chi connectivity index (χ0v) is 8.93. The predicted molar refractivity (Wildman–Crippen MR) is 48.2 cm³/mol. The first-order chi connectivity index (χ1) is 8.47. The van der Waals surface area contributed by atoms with E-state index in [9.17, 15) is 22.4 Å². The van der Waals surface area contributed by atoms with Gasteiger partial charge in [-0.05, 0) is 0 Å². The van der Waals surface area contributed by atoms with Crippen LogP contribution in [0.25, 0.3) is 0 Å². The molecule has 0 spiro atoms. The smallest absolute Gasteiger partial charge is 0.350 e. The highest BCUT2D eigenvalue weighted by atomic mass is 19.2. The zero-order valence-electron chi connectivity index (χ0n) is 8.93. The summed E-state index contributed by atoms with van der Waals surface area (Å²) >= 11 is 0. The van der Waals surface area contributed by atoms with E-state index in [2.05, 4.69) is 9.47 Å². The van der Waals surface area contributed by atoms with Crippen LogP contribution in [-0.4, -0.2) is 25.8 Å². The number of methoxy groups -OCH3 is 1. The van der Waals surface area contributed by atoms with Gasteiger partial charge in [0.1, 0.15) is 6.61 Å². The number of hydrogen-bond donors (Lipinski definition) is 0. The number of ether oxygens (including phenoxy) is 3. The molecule has 1 aromatic rings. The average Bonchev–Trinajstić information content (AvgIpc) is 2.41. The molecule has 1 unspecified atom stereocenters. The van der Waals surface area contributed by atoms with Gasteiger partial charge in [-0.3, -0.25) is 0 Å². The number of benzene rings is 1. The summed E-state index contributed by atoms with van der Waals surface area (Å²) in [6.07, 6.45) is -1.37. The van der Waals surface area contributed by atoms with E-state index in [4.69, 9.17) is 4.74 Å². The molecular weight excluding hydrogens is 260 g/mol. The number of carbonyl (C=O) groups excluding carboxylic acids is 1. The Balaban J connectivity index is 2.47. The van der Waals surface area contributed by atoms with Crippen LogP contribution in [0.3, 0.4) is 0 Å². The van der Waals surface area contributed by atoms with Crippen molar-refractivity contribution < 1.29 is 36.6 Å². The summed E-state index contributed by atoms with van der Waals surface area (Å²) in [7, 11) is 1.05. The lowest BCUT2D eigenvalue weighted by atomic mass is 10.2. The van der Waals surface area contributed by atoms with Crippen molar-refractivity contribution in [2.75, 3.05) is 13.7 Å². The van der Waals surface area contributed by atoms with E-state index < -0.39 is 53.4 Å². The van der Waals surface area contributed by atoms with Crippen molar-refractivity contribution in [1.29, 1.82) is 0 Å². The molecule has 0 bridgehead atoms. The van der Waals surface area contributed by atoms with E-state index in [0.717, 1.165) is 7.11 Å². The maximum atomic E-state index is 13.3. The van der Waals surface area contributed by atoms with Crippen LogP contribution in [0.5, 0.6) is 11.5 Å². The Hall–Kier alpha value is -1.99. The fraction of sp³-hybridized carbons (Fsp3) is 0.300. The van der Waals surface area contributed by atoms with Crippen LogP contribution in [0.4, 0.5) is 17.6 Å². The fourth-order valence-corrected chi connectivity index (χ4v) is 1.41. The second-order valence-electron chi connectivity index (χ2n) is 3.35. The molecule has 4 nitrogen and oxygen atoms in total. The number of rotatable bonds is 1. The van der Waals surface area contributed by atoms with Crippen molar-refractivity contribution in [2.24, 2.45) is 0 Å². The van der Waals surface area contributed by atoms with Gasteiger partial charge in [0, 0.05) is 0 Å². The lowest BCUT2D eigenvalue weighted by Gasteiger charge is -2.25. The van der Waals surface area contributed by atoms with Crippen molar-refractivity contribution in [1.82, 2.24) is 0 Å². The molecule has 98 valence electrons. The number of hydrogen-bond acceptors (Lipinski definition) is 4. The molecule has 0 aliphatic carbocycles. The summed E-state index contributed by atoms with van der Waals surface area (Å²) < 4.78 is 66.1. The number of carbonyl (C=O) groups is 1. The highest BCUT2D eigenvalue weighted by molar-refractivity contribution is 5.75. The molecule has 0 amide bonds. The summed E-state index contributed by atoms with van der Waals surface area (Å²) in [6, 6.07) is 0. The van der Waals surface area contributed by atoms with Crippen molar-refractivity contribution in [3.05, 3.63) is 23.3 Å². The molecule has 1 heterocycles. The molecule has 0 N–H and O–H groups in total. The van der Waals surface area contributed by atoms with E-state index in [1.165, 1.54) is 0 Å². The minimum atomic E-state index is -2.04. The fourth-order valence-electron chi connectivity index (χ4n) is 1.41. The Bertz CT molecular complexity index is 517. The summed E-state index contributed by atoms with van der Waals surface area (Å²) in [5, 5.41) is 0. The van der Waals surface area contributed by atoms with E-state index in [1.54, 1.807) is 0 Å². The molecule has 18 heavy (non-hydrogen) atoms. The average molecular weight is 266 g/mol. The molecule has 0 fully saturated rings. The van der Waals surface area contributed by atoms with Gasteiger partial charge in [0.15, 0.2) is 0 Å². The van der Waals surface area contributed by atoms with Crippen LogP contribution in [0, 0.1) is 23.3 Å². The van der Waals surface area contributed by atoms with Crippen LogP contribution in [0.15, 0.2) is 0 Å². The third kappa shape index (κ3) is 1.73. The minimum Gasteiger partial charge on any atom is -0.482 e. The molecule has 8 heteroatoms. The Morgan fingerprint density at radius 1 is 1.11 bits per heavy atom. The van der Waals surface area contributed by atoms with Crippen molar-refractivity contribution in [3.8, 4) is 11.5 Å². The second kappa shape index (κ2) is 4.35. The van der Waals surface area contributed by atoms with E-state index in [-0.39, 0.29) is 0 Å². The van der Waals surface area contributed by atoms with Gasteiger partial charge < -0.3 is 14.2 Å². The van der Waals surface area contributed by atoms with Gasteiger partial charge in [-0.1, -0.05) is 0 Å². The first-order valence-corrected chi connectivity index (χ1v) is 4.70. The van der Waals surface area contributed by atoms with Gasteiger partial charge in [-0.15, -0.1) is 0 Å². The molecule has 0 saturated carbocycles. The van der Waals surface area contributed by atoms with Gasteiger partial charge in [0.2, 0.25) is 40.9 Å². The van der Waals surface area contributed by atoms with Crippen LogP contribution in [0.1, 0.15) is 0 Å². The summed E-state index contributed by atoms with van der Waals surface area (Å²) in [4.78, 5) is 11.1. The van der Waals surface area contributed by atoms with Crippen molar-refractivity contribution >= 4 is 5.97 Å². The van der Waals surface area contributed by atoms with Gasteiger partial charge in [0.25, 0.3) is 0 Å². The maximum Gasteiger partial charge on any atom is 0.350 e. The molecule has 1 atom stereocenters. The summed E-state index contributed by atoms with van der Waals surface area (Å²) in [6.45, 7) is -0.499. The molecule has 2 rings (SSSR count). The monoisotopic (exact) mass is 266 g/mol. The van der Waals surface area contributed by atoms with Crippen molar-refractivity contribution in [3.63, 3.8) is 0 Å². The summed E-state index contributed by atoms with van der Waals surface area (Å²) in [5.74, 6) is -10.3. The van der Waals surface area contributed by atoms with E-state index in [0.29, 0.717) is 0 Å². The molecule has 1 aliphatic rings. The van der Waals surface area contributed by atoms with Crippen LogP contribution in [0.2, 0.25) is 0 Å². The Morgan fingerprint density at radius 2 is 1.67 bits per heavy atom. The second-order valence-corrected chi connectivity index (χ2v) is 3.35. The minimum absolute atomic E-state index is 0.499. The topological polar surface area (TPSA) is 44.8 Å². The zero-order chi connectivity index (χ0) is 13.4. The quantitative estimate of drug-likeness (QED) is 0.335. The molecule has 0 saturated heterocycles. The largest absolute Gasteiger partial charge is 0.482 e. The van der Waals surface area contributed by atoms with Gasteiger partial charge in [0.05, 0.1) is 7.11 Å². The highest BCUT2D eigenvalue weighted by Crippen LogP contribution is 2.39. The molecule has 1 aromatic carbocycles. The standard InChI is InChI=1S/C10H6F4O4/c1-16-10(15)3-2-17-8-6(13)4(11)5(12)7(14)9(8)18-3/h3H,2H2,1H3. The Morgan fingerprint density at radius 3 is 2.22 bits per heavy atom. The third-order valence-corrected chi connectivity index (χ3v) is 2.29. The van der Waals surface area contributed by atoms with Crippen molar-refractivity contribution in [2.45, 2.75) is 6.10 Å². The van der Waals surface area contributed by atoms with Gasteiger partial charge in [-0.25, -0.2) is 13.6 Å². The predicted octanol–water partition coefficient (Wildman–Crippen LogP) is 1.56. The van der Waals surface area contributed by atoms with E-state index >= 15 is 0 Å². The maximum absolute atomic E-state index is 13.3.